The molecule has 3 heteroatoms. The lowest BCUT2D eigenvalue weighted by Gasteiger charge is -2.06. The van der Waals surface area contributed by atoms with E-state index in [0.29, 0.717) is 12.2 Å². The second kappa shape index (κ2) is 7.71. The topological polar surface area (TPSA) is 35.5 Å². The molecule has 0 bridgehead atoms. The van der Waals surface area contributed by atoms with E-state index < -0.39 is 0 Å². The number of carbonyl (C=O) groups is 1. The predicted octanol–water partition coefficient (Wildman–Crippen LogP) is 3.43. The molecule has 0 spiro atoms. The van der Waals surface area contributed by atoms with Crippen LogP contribution in [0, 0.1) is 0 Å². The third kappa shape index (κ3) is 4.89. The molecule has 0 fully saturated rings. The Morgan fingerprint density at radius 2 is 1.76 bits per heavy atom. The van der Waals surface area contributed by atoms with E-state index in [1.54, 1.807) is 24.3 Å². The first-order chi connectivity index (χ1) is 8.27. The van der Waals surface area contributed by atoms with Crippen molar-refractivity contribution in [1.82, 2.24) is 0 Å². The fourth-order valence-electron chi connectivity index (χ4n) is 1.30. The molecule has 0 saturated carbocycles. The number of hydrogen-bond acceptors (Lipinski definition) is 3. The van der Waals surface area contributed by atoms with Crippen molar-refractivity contribution in [3.63, 3.8) is 0 Å². The molecule has 0 aliphatic carbocycles. The highest BCUT2D eigenvalue weighted by Crippen LogP contribution is 2.13. The third-order valence-corrected chi connectivity index (χ3v) is 2.29. The summed E-state index contributed by atoms with van der Waals surface area (Å²) in [6.45, 7) is 5.28. The van der Waals surface area contributed by atoms with Gasteiger partial charge >= 0.3 is 5.97 Å². The smallest absolute Gasteiger partial charge is 0.338 e. The standard InChI is InChI=1S/C14H20O3/c1-3-5-11-16-13-8-6-12(7-9-13)14(15)17-10-4-2/h6-9H,3-5,10-11H2,1-2H3. The monoisotopic (exact) mass is 236 g/mol. The van der Waals surface area contributed by atoms with E-state index in [0.717, 1.165) is 31.6 Å². The molecule has 0 atom stereocenters. The molecule has 0 aromatic heterocycles. The highest BCUT2D eigenvalue weighted by atomic mass is 16.5. The molecular weight excluding hydrogens is 216 g/mol. The van der Waals surface area contributed by atoms with Crippen molar-refractivity contribution in [2.45, 2.75) is 33.1 Å². The number of hydrogen-bond donors (Lipinski definition) is 0. The van der Waals surface area contributed by atoms with Gasteiger partial charge in [0.2, 0.25) is 0 Å². The molecule has 94 valence electrons. The maximum Gasteiger partial charge on any atom is 0.338 e. The second-order valence-electron chi connectivity index (χ2n) is 3.86. The number of unbranched alkanes of at least 4 members (excludes halogenated alkanes) is 1. The molecule has 1 rings (SSSR count). The van der Waals surface area contributed by atoms with Gasteiger partial charge in [0, 0.05) is 0 Å². The molecule has 17 heavy (non-hydrogen) atoms. The average Bonchev–Trinajstić information content (AvgIpc) is 2.37. The van der Waals surface area contributed by atoms with Crippen molar-refractivity contribution in [1.29, 1.82) is 0 Å². The fraction of sp³-hybridized carbons (Fsp3) is 0.500. The quantitative estimate of drug-likeness (QED) is 0.537. The Hall–Kier alpha value is -1.51. The zero-order valence-electron chi connectivity index (χ0n) is 10.6. The summed E-state index contributed by atoms with van der Waals surface area (Å²) in [6.07, 6.45) is 2.99. The zero-order chi connectivity index (χ0) is 12.5. The summed E-state index contributed by atoms with van der Waals surface area (Å²) in [5.41, 5.74) is 0.571. The maximum atomic E-state index is 11.5. The van der Waals surface area contributed by atoms with Crippen molar-refractivity contribution < 1.29 is 14.3 Å². The van der Waals surface area contributed by atoms with E-state index in [-0.39, 0.29) is 5.97 Å². The van der Waals surface area contributed by atoms with Crippen LogP contribution in [0.15, 0.2) is 24.3 Å². The molecule has 0 radical (unpaired) electrons. The molecule has 3 nitrogen and oxygen atoms in total. The molecule has 0 N–H and O–H groups in total. The summed E-state index contributed by atoms with van der Waals surface area (Å²) in [4.78, 5) is 11.5. The summed E-state index contributed by atoms with van der Waals surface area (Å²) in [6, 6.07) is 7.08. The third-order valence-electron chi connectivity index (χ3n) is 2.29. The van der Waals surface area contributed by atoms with Gasteiger partial charge in [-0.15, -0.1) is 0 Å². The number of benzene rings is 1. The Morgan fingerprint density at radius 1 is 1.06 bits per heavy atom. The minimum absolute atomic E-state index is 0.271. The Bertz CT molecular complexity index is 330. The summed E-state index contributed by atoms with van der Waals surface area (Å²) >= 11 is 0. The van der Waals surface area contributed by atoms with Crippen LogP contribution in [0.4, 0.5) is 0 Å². The molecule has 0 heterocycles. The minimum Gasteiger partial charge on any atom is -0.494 e. The van der Waals surface area contributed by atoms with Gasteiger partial charge in [0.25, 0.3) is 0 Å². The van der Waals surface area contributed by atoms with Crippen LogP contribution in [0.1, 0.15) is 43.5 Å². The van der Waals surface area contributed by atoms with Gasteiger partial charge in [-0.1, -0.05) is 20.3 Å². The summed E-state index contributed by atoms with van der Waals surface area (Å²) in [7, 11) is 0. The van der Waals surface area contributed by atoms with Crippen LogP contribution in [0.5, 0.6) is 5.75 Å². The number of rotatable bonds is 7. The van der Waals surface area contributed by atoms with Crippen LogP contribution in [0.3, 0.4) is 0 Å². The average molecular weight is 236 g/mol. The van der Waals surface area contributed by atoms with Crippen molar-refractivity contribution in [2.75, 3.05) is 13.2 Å². The van der Waals surface area contributed by atoms with Crippen LogP contribution in [0.25, 0.3) is 0 Å². The molecule has 0 saturated heterocycles. The number of esters is 1. The molecular formula is C14H20O3. The second-order valence-corrected chi connectivity index (χ2v) is 3.86. The van der Waals surface area contributed by atoms with Gasteiger partial charge in [0.05, 0.1) is 18.8 Å². The lowest BCUT2D eigenvalue weighted by Crippen LogP contribution is -2.05. The summed E-state index contributed by atoms with van der Waals surface area (Å²) in [5, 5.41) is 0. The van der Waals surface area contributed by atoms with Crippen LogP contribution >= 0.6 is 0 Å². The first kappa shape index (κ1) is 13.6. The Labute approximate surface area is 103 Å². The highest BCUT2D eigenvalue weighted by Gasteiger charge is 2.06. The number of ether oxygens (including phenoxy) is 2. The predicted molar refractivity (Wildman–Crippen MR) is 67.4 cm³/mol. The molecule has 0 aliphatic heterocycles. The van der Waals surface area contributed by atoms with Crippen LogP contribution < -0.4 is 4.74 Å². The van der Waals surface area contributed by atoms with Gasteiger partial charge in [-0.05, 0) is 37.1 Å². The first-order valence-electron chi connectivity index (χ1n) is 6.18. The van der Waals surface area contributed by atoms with Gasteiger partial charge in [0.15, 0.2) is 0 Å². The fourth-order valence-corrected chi connectivity index (χ4v) is 1.30. The van der Waals surface area contributed by atoms with E-state index in [2.05, 4.69) is 6.92 Å². The van der Waals surface area contributed by atoms with E-state index in [4.69, 9.17) is 9.47 Å². The van der Waals surface area contributed by atoms with Crippen molar-refractivity contribution in [3.8, 4) is 5.75 Å². The zero-order valence-corrected chi connectivity index (χ0v) is 10.6. The van der Waals surface area contributed by atoms with Crippen molar-refractivity contribution >= 4 is 5.97 Å². The van der Waals surface area contributed by atoms with E-state index in [1.807, 2.05) is 6.92 Å². The van der Waals surface area contributed by atoms with Gasteiger partial charge < -0.3 is 9.47 Å². The molecule has 1 aromatic rings. The first-order valence-corrected chi connectivity index (χ1v) is 6.18. The van der Waals surface area contributed by atoms with Gasteiger partial charge in [-0.2, -0.15) is 0 Å². The van der Waals surface area contributed by atoms with E-state index in [1.165, 1.54) is 0 Å². The van der Waals surface area contributed by atoms with E-state index in [9.17, 15) is 4.79 Å². The lowest BCUT2D eigenvalue weighted by atomic mass is 10.2. The van der Waals surface area contributed by atoms with Crippen LogP contribution in [0.2, 0.25) is 0 Å². The lowest BCUT2D eigenvalue weighted by molar-refractivity contribution is 0.0505. The van der Waals surface area contributed by atoms with Crippen LogP contribution in [-0.4, -0.2) is 19.2 Å². The van der Waals surface area contributed by atoms with Gasteiger partial charge in [-0.3, -0.25) is 0 Å². The van der Waals surface area contributed by atoms with Crippen molar-refractivity contribution in [3.05, 3.63) is 29.8 Å². The van der Waals surface area contributed by atoms with E-state index >= 15 is 0 Å². The molecule has 0 aliphatic rings. The normalized spacial score (nSPS) is 10.0. The van der Waals surface area contributed by atoms with Gasteiger partial charge in [0.1, 0.15) is 5.75 Å². The molecule has 1 aromatic carbocycles. The van der Waals surface area contributed by atoms with Gasteiger partial charge in [-0.25, -0.2) is 4.79 Å². The molecule has 0 amide bonds. The SMILES string of the molecule is CCCCOc1ccc(C(=O)OCCC)cc1. The maximum absolute atomic E-state index is 11.5. The largest absolute Gasteiger partial charge is 0.494 e. The minimum atomic E-state index is -0.271. The number of carbonyl (C=O) groups excluding carboxylic acids is 1. The van der Waals surface area contributed by atoms with Crippen LogP contribution in [-0.2, 0) is 4.74 Å². The Kier molecular flexibility index (Phi) is 6.15. The Morgan fingerprint density at radius 3 is 2.35 bits per heavy atom. The highest BCUT2D eigenvalue weighted by molar-refractivity contribution is 5.89. The van der Waals surface area contributed by atoms with Crippen molar-refractivity contribution in [2.24, 2.45) is 0 Å². The summed E-state index contributed by atoms with van der Waals surface area (Å²) in [5.74, 6) is 0.525. The molecule has 0 unspecified atom stereocenters. The Balaban J connectivity index is 2.46. The summed E-state index contributed by atoms with van der Waals surface area (Å²) < 4.78 is 10.5.